The molecule has 154 valence electrons. The summed E-state index contributed by atoms with van der Waals surface area (Å²) in [4.78, 5) is 5.25. The van der Waals surface area contributed by atoms with E-state index in [0.717, 1.165) is 55.7 Å². The van der Waals surface area contributed by atoms with Crippen LogP contribution in [0.2, 0.25) is 0 Å². The summed E-state index contributed by atoms with van der Waals surface area (Å²) < 4.78 is 11.4. The molecule has 5 nitrogen and oxygen atoms in total. The van der Waals surface area contributed by atoms with Crippen molar-refractivity contribution in [3.8, 4) is 11.5 Å². The number of methoxy groups -OCH3 is 1. The molecule has 1 aliphatic carbocycles. The second-order valence-electron chi connectivity index (χ2n) is 8.40. The van der Waals surface area contributed by atoms with Gasteiger partial charge in [0.1, 0.15) is 6.61 Å². The standard InChI is InChI=1S/C23H34N2O3/c1-27-22-9-5-6-19-14-18(17-28-23(19)22)15-24-11-12-25(21(16-24)10-13-26)20-7-3-2-4-8-20/h5-6,9,14,20-21,26H,2-4,7-8,10-13,15-17H2,1H3/t21-/m1/s1. The van der Waals surface area contributed by atoms with E-state index in [1.807, 2.05) is 12.1 Å². The molecule has 2 aliphatic heterocycles. The Morgan fingerprint density at radius 3 is 2.82 bits per heavy atom. The molecule has 4 rings (SSSR count). The van der Waals surface area contributed by atoms with E-state index in [4.69, 9.17) is 9.47 Å². The zero-order valence-corrected chi connectivity index (χ0v) is 17.1. The first-order valence-electron chi connectivity index (χ1n) is 10.9. The summed E-state index contributed by atoms with van der Waals surface area (Å²) in [5.41, 5.74) is 2.42. The lowest BCUT2D eigenvalue weighted by atomic mass is 9.91. The van der Waals surface area contributed by atoms with Crippen LogP contribution >= 0.6 is 0 Å². The number of rotatable bonds is 6. The molecule has 28 heavy (non-hydrogen) atoms. The average Bonchev–Trinajstić information content (AvgIpc) is 2.74. The number of hydrogen-bond acceptors (Lipinski definition) is 5. The van der Waals surface area contributed by atoms with Gasteiger partial charge in [-0.3, -0.25) is 9.80 Å². The van der Waals surface area contributed by atoms with Crippen LogP contribution in [0.4, 0.5) is 0 Å². The van der Waals surface area contributed by atoms with Gasteiger partial charge in [-0.1, -0.05) is 31.4 Å². The third kappa shape index (κ3) is 4.37. The minimum absolute atomic E-state index is 0.278. The summed E-state index contributed by atoms with van der Waals surface area (Å²) in [5.74, 6) is 1.66. The van der Waals surface area contributed by atoms with Crippen molar-refractivity contribution < 1.29 is 14.6 Å². The largest absolute Gasteiger partial charge is 0.493 e. The fourth-order valence-electron chi connectivity index (χ4n) is 5.14. The van der Waals surface area contributed by atoms with E-state index >= 15 is 0 Å². The summed E-state index contributed by atoms with van der Waals surface area (Å²) in [6.07, 6.45) is 9.92. The van der Waals surface area contributed by atoms with Crippen molar-refractivity contribution in [1.82, 2.24) is 9.80 Å². The average molecular weight is 387 g/mol. The molecule has 2 heterocycles. The Hall–Kier alpha value is -1.56. The SMILES string of the molecule is COc1cccc2c1OCC(CN1CCN(C3CCCCC3)[C@H](CCO)C1)=C2. The summed E-state index contributed by atoms with van der Waals surface area (Å²) in [7, 11) is 1.69. The van der Waals surface area contributed by atoms with Crippen molar-refractivity contribution >= 4 is 6.08 Å². The van der Waals surface area contributed by atoms with Gasteiger partial charge in [0.2, 0.25) is 0 Å². The summed E-state index contributed by atoms with van der Waals surface area (Å²) >= 11 is 0. The Balaban J connectivity index is 1.41. The van der Waals surface area contributed by atoms with Crippen molar-refractivity contribution in [3.63, 3.8) is 0 Å². The molecule has 1 saturated heterocycles. The van der Waals surface area contributed by atoms with Gasteiger partial charge < -0.3 is 14.6 Å². The molecule has 3 aliphatic rings. The normalized spacial score (nSPS) is 24.4. The van der Waals surface area contributed by atoms with Gasteiger partial charge in [0, 0.05) is 50.4 Å². The predicted molar refractivity (Wildman–Crippen MR) is 112 cm³/mol. The van der Waals surface area contributed by atoms with Crippen LogP contribution in [0.1, 0.15) is 44.1 Å². The fraction of sp³-hybridized carbons (Fsp3) is 0.652. The van der Waals surface area contributed by atoms with E-state index in [0.29, 0.717) is 12.6 Å². The molecule has 0 bridgehead atoms. The molecule has 0 unspecified atom stereocenters. The number of nitrogens with zero attached hydrogens (tertiary/aromatic N) is 2. The van der Waals surface area contributed by atoms with Crippen LogP contribution in [0.15, 0.2) is 23.8 Å². The maximum atomic E-state index is 9.61. The molecule has 0 aromatic heterocycles. The predicted octanol–water partition coefficient (Wildman–Crippen LogP) is 3.17. The first kappa shape index (κ1) is 19.7. The Morgan fingerprint density at radius 2 is 2.04 bits per heavy atom. The molecule has 1 N–H and O–H groups in total. The summed E-state index contributed by atoms with van der Waals surface area (Å²) in [6, 6.07) is 7.25. The molecular weight excluding hydrogens is 352 g/mol. The monoisotopic (exact) mass is 386 g/mol. The number of benzene rings is 1. The van der Waals surface area contributed by atoms with E-state index < -0.39 is 0 Å². The van der Waals surface area contributed by atoms with E-state index in [-0.39, 0.29) is 6.61 Å². The number of fused-ring (bicyclic) bond motifs is 1. The highest BCUT2D eigenvalue weighted by Gasteiger charge is 2.32. The molecule has 5 heteroatoms. The first-order chi connectivity index (χ1) is 13.8. The topological polar surface area (TPSA) is 45.2 Å². The van der Waals surface area contributed by atoms with Gasteiger partial charge in [-0.25, -0.2) is 0 Å². The highest BCUT2D eigenvalue weighted by molar-refractivity contribution is 5.66. The zero-order chi connectivity index (χ0) is 19.3. The highest BCUT2D eigenvalue weighted by atomic mass is 16.5. The smallest absolute Gasteiger partial charge is 0.168 e. The number of para-hydroxylation sites is 1. The van der Waals surface area contributed by atoms with Crippen LogP contribution in [0, 0.1) is 0 Å². The van der Waals surface area contributed by atoms with Crippen molar-refractivity contribution in [2.45, 2.75) is 50.6 Å². The maximum absolute atomic E-state index is 9.61. The lowest BCUT2D eigenvalue weighted by Crippen LogP contribution is -2.57. The van der Waals surface area contributed by atoms with Crippen molar-refractivity contribution in [3.05, 3.63) is 29.3 Å². The lowest BCUT2D eigenvalue weighted by Gasteiger charge is -2.46. The number of aliphatic hydroxyl groups is 1. The van der Waals surface area contributed by atoms with Gasteiger partial charge in [0.25, 0.3) is 0 Å². The maximum Gasteiger partial charge on any atom is 0.168 e. The van der Waals surface area contributed by atoms with Gasteiger partial charge in [-0.2, -0.15) is 0 Å². The van der Waals surface area contributed by atoms with Gasteiger partial charge in [0.05, 0.1) is 7.11 Å². The van der Waals surface area contributed by atoms with Gasteiger partial charge in [-0.15, -0.1) is 0 Å². The summed E-state index contributed by atoms with van der Waals surface area (Å²) in [5, 5.41) is 9.61. The molecular formula is C23H34N2O3. The van der Waals surface area contributed by atoms with Crippen molar-refractivity contribution in [2.75, 3.05) is 46.5 Å². The van der Waals surface area contributed by atoms with E-state index in [9.17, 15) is 5.11 Å². The molecule has 1 atom stereocenters. The van der Waals surface area contributed by atoms with Crippen LogP contribution in [-0.4, -0.2) is 73.5 Å². The minimum atomic E-state index is 0.278. The lowest BCUT2D eigenvalue weighted by molar-refractivity contribution is 0.0192. The molecule has 1 aromatic rings. The quantitative estimate of drug-likeness (QED) is 0.814. The summed E-state index contributed by atoms with van der Waals surface area (Å²) in [6.45, 7) is 5.10. The number of aliphatic hydroxyl groups excluding tert-OH is 1. The Bertz CT molecular complexity index is 684. The molecule has 0 radical (unpaired) electrons. The molecule has 2 fully saturated rings. The van der Waals surface area contributed by atoms with Crippen LogP contribution < -0.4 is 9.47 Å². The van der Waals surface area contributed by atoms with Crippen molar-refractivity contribution in [2.24, 2.45) is 0 Å². The van der Waals surface area contributed by atoms with Crippen LogP contribution in [0.25, 0.3) is 6.08 Å². The highest BCUT2D eigenvalue weighted by Crippen LogP contribution is 2.36. The fourth-order valence-corrected chi connectivity index (χ4v) is 5.14. The second-order valence-corrected chi connectivity index (χ2v) is 8.40. The minimum Gasteiger partial charge on any atom is -0.493 e. The third-order valence-corrected chi connectivity index (χ3v) is 6.54. The van der Waals surface area contributed by atoms with Crippen LogP contribution in [-0.2, 0) is 0 Å². The van der Waals surface area contributed by atoms with Crippen LogP contribution in [0.5, 0.6) is 11.5 Å². The van der Waals surface area contributed by atoms with Crippen LogP contribution in [0.3, 0.4) is 0 Å². The second kappa shape index (κ2) is 9.29. The molecule has 1 aromatic carbocycles. The van der Waals surface area contributed by atoms with Crippen molar-refractivity contribution in [1.29, 1.82) is 0 Å². The first-order valence-corrected chi connectivity index (χ1v) is 10.9. The Labute approximate surface area is 168 Å². The number of ether oxygens (including phenoxy) is 2. The Morgan fingerprint density at radius 1 is 1.18 bits per heavy atom. The molecule has 0 amide bonds. The van der Waals surface area contributed by atoms with Gasteiger partial charge in [0.15, 0.2) is 11.5 Å². The van der Waals surface area contributed by atoms with Gasteiger partial charge >= 0.3 is 0 Å². The third-order valence-electron chi connectivity index (χ3n) is 6.54. The Kier molecular flexibility index (Phi) is 6.55. The van der Waals surface area contributed by atoms with E-state index in [2.05, 4.69) is 21.9 Å². The zero-order valence-electron chi connectivity index (χ0n) is 17.1. The van der Waals surface area contributed by atoms with E-state index in [1.54, 1.807) is 7.11 Å². The number of piperazine rings is 1. The van der Waals surface area contributed by atoms with Gasteiger partial charge in [-0.05, 0) is 37.0 Å². The number of hydrogen-bond donors (Lipinski definition) is 1. The molecule has 0 spiro atoms. The molecule has 1 saturated carbocycles. The van der Waals surface area contributed by atoms with E-state index in [1.165, 1.54) is 37.7 Å².